The van der Waals surface area contributed by atoms with Gasteiger partial charge in [0.1, 0.15) is 0 Å². The molecule has 9 nitrogen and oxygen atoms in total. The predicted octanol–water partition coefficient (Wildman–Crippen LogP) is 4.23. The van der Waals surface area contributed by atoms with Crippen molar-refractivity contribution in [1.82, 2.24) is 5.32 Å². The number of hydrogen-bond donors (Lipinski definition) is 2. The Kier molecular flexibility index (Phi) is 7.02. The maximum absolute atomic E-state index is 12.7. The minimum absolute atomic E-state index is 0.215. The molecule has 1 aliphatic rings. The van der Waals surface area contributed by atoms with Crippen molar-refractivity contribution in [3.05, 3.63) is 93.5 Å². The summed E-state index contributed by atoms with van der Waals surface area (Å²) in [5.74, 6) is -0.273. The third-order valence-electron chi connectivity index (χ3n) is 5.96. The number of nitro benzene ring substituents is 1. The first-order chi connectivity index (χ1) is 16.7. The second-order valence-corrected chi connectivity index (χ2v) is 10.1. The topological polar surface area (TPSA) is 122 Å². The van der Waals surface area contributed by atoms with Crippen LogP contribution in [0.3, 0.4) is 0 Å². The number of benzene rings is 3. The number of aryl methyl sites for hydroxylation is 1. The number of anilines is 2. The zero-order chi connectivity index (χ0) is 25.0. The zero-order valence-electron chi connectivity index (χ0n) is 19.2. The van der Waals surface area contributed by atoms with Gasteiger partial charge in [-0.25, -0.2) is 8.42 Å². The largest absolute Gasteiger partial charge is 0.371 e. The van der Waals surface area contributed by atoms with Crippen molar-refractivity contribution >= 4 is 33.0 Å². The number of sulfonamides is 1. The van der Waals surface area contributed by atoms with Gasteiger partial charge in [0.15, 0.2) is 0 Å². The summed E-state index contributed by atoms with van der Waals surface area (Å²) in [5.41, 5.74) is 2.89. The first-order valence-corrected chi connectivity index (χ1v) is 12.7. The molecule has 10 heteroatoms. The van der Waals surface area contributed by atoms with Gasteiger partial charge in [0.05, 0.1) is 9.82 Å². The fourth-order valence-electron chi connectivity index (χ4n) is 4.06. The highest BCUT2D eigenvalue weighted by Crippen LogP contribution is 2.25. The van der Waals surface area contributed by atoms with E-state index >= 15 is 0 Å². The molecule has 1 fully saturated rings. The fourth-order valence-corrected chi connectivity index (χ4v) is 5.14. The Morgan fingerprint density at radius 3 is 2.40 bits per heavy atom. The predicted molar refractivity (Wildman–Crippen MR) is 134 cm³/mol. The Balaban J connectivity index is 1.42. The molecule has 0 saturated carbocycles. The lowest BCUT2D eigenvalue weighted by atomic mass is 10.1. The van der Waals surface area contributed by atoms with E-state index in [1.165, 1.54) is 43.3 Å². The Hall–Kier alpha value is -3.92. The van der Waals surface area contributed by atoms with Crippen LogP contribution < -0.4 is 14.9 Å². The summed E-state index contributed by atoms with van der Waals surface area (Å²) < 4.78 is 27.8. The van der Waals surface area contributed by atoms with Crippen LogP contribution in [0.1, 0.15) is 34.3 Å². The van der Waals surface area contributed by atoms with Crippen LogP contribution in [-0.4, -0.2) is 32.3 Å². The van der Waals surface area contributed by atoms with Crippen molar-refractivity contribution < 1.29 is 18.1 Å². The molecule has 3 aromatic carbocycles. The van der Waals surface area contributed by atoms with Crippen molar-refractivity contribution in [2.75, 3.05) is 22.7 Å². The van der Waals surface area contributed by atoms with Gasteiger partial charge in [-0.3, -0.25) is 19.6 Å². The van der Waals surface area contributed by atoms with Gasteiger partial charge in [0.2, 0.25) is 0 Å². The highest BCUT2D eigenvalue weighted by molar-refractivity contribution is 7.92. The van der Waals surface area contributed by atoms with Crippen LogP contribution in [0.15, 0.2) is 71.6 Å². The number of carbonyl (C=O) groups is 1. The summed E-state index contributed by atoms with van der Waals surface area (Å²) in [5, 5.41) is 14.1. The molecule has 0 aromatic heterocycles. The lowest BCUT2D eigenvalue weighted by Gasteiger charge is -2.21. The normalized spacial score (nSPS) is 13.5. The number of nitrogens with zero attached hydrogens (tertiary/aromatic N) is 2. The minimum Gasteiger partial charge on any atom is -0.371 e. The van der Waals surface area contributed by atoms with Gasteiger partial charge < -0.3 is 10.2 Å². The molecule has 4 rings (SSSR count). The number of hydrogen-bond acceptors (Lipinski definition) is 6. The van der Waals surface area contributed by atoms with Crippen LogP contribution in [0.5, 0.6) is 0 Å². The molecule has 1 saturated heterocycles. The summed E-state index contributed by atoms with van der Waals surface area (Å²) in [4.78, 5) is 25.3. The monoisotopic (exact) mass is 494 g/mol. The third-order valence-corrected chi connectivity index (χ3v) is 7.34. The maximum Gasteiger partial charge on any atom is 0.273 e. The first-order valence-electron chi connectivity index (χ1n) is 11.2. The van der Waals surface area contributed by atoms with Crippen LogP contribution in [-0.2, 0) is 16.6 Å². The molecule has 3 aromatic rings. The van der Waals surface area contributed by atoms with Gasteiger partial charge in [-0.1, -0.05) is 24.3 Å². The lowest BCUT2D eigenvalue weighted by Crippen LogP contribution is -2.25. The van der Waals surface area contributed by atoms with Crippen molar-refractivity contribution in [2.45, 2.75) is 31.2 Å². The molecule has 0 aliphatic carbocycles. The summed E-state index contributed by atoms with van der Waals surface area (Å²) in [6, 6.07) is 17.7. The average Bonchev–Trinajstić information content (AvgIpc) is 3.38. The quantitative estimate of drug-likeness (QED) is 0.357. The standard InChI is InChI=1S/C25H26N4O5S/c1-18-8-13-22(16-24(18)29(31)32)35(33,34)27-21-11-9-19(10-12-21)25(30)26-17-20-6-2-3-7-23(20)28-14-4-5-15-28/h2-3,6-13,16,27H,4-5,14-15,17H2,1H3,(H,26,30). The molecule has 0 atom stereocenters. The van der Waals surface area contributed by atoms with Gasteiger partial charge in [-0.2, -0.15) is 0 Å². The number of amides is 1. The highest BCUT2D eigenvalue weighted by atomic mass is 32.2. The molecule has 1 aliphatic heterocycles. The van der Waals surface area contributed by atoms with E-state index in [0.717, 1.165) is 43.2 Å². The molecule has 0 unspecified atom stereocenters. The van der Waals surface area contributed by atoms with E-state index in [9.17, 15) is 23.3 Å². The van der Waals surface area contributed by atoms with E-state index in [2.05, 4.69) is 21.0 Å². The van der Waals surface area contributed by atoms with Crippen LogP contribution in [0.4, 0.5) is 17.1 Å². The summed E-state index contributed by atoms with van der Waals surface area (Å²) in [6.45, 7) is 3.94. The van der Waals surface area contributed by atoms with E-state index in [1.807, 2.05) is 18.2 Å². The Morgan fingerprint density at radius 1 is 1.03 bits per heavy atom. The molecule has 182 valence electrons. The number of carbonyl (C=O) groups excluding carboxylic acids is 1. The van der Waals surface area contributed by atoms with Crippen molar-refractivity contribution in [3.63, 3.8) is 0 Å². The second kappa shape index (κ2) is 10.1. The van der Waals surface area contributed by atoms with E-state index in [1.54, 1.807) is 0 Å². The molecule has 2 N–H and O–H groups in total. The minimum atomic E-state index is -4.04. The number of rotatable bonds is 8. The van der Waals surface area contributed by atoms with Crippen molar-refractivity contribution in [3.8, 4) is 0 Å². The van der Waals surface area contributed by atoms with Gasteiger partial charge in [-0.05, 0) is 61.7 Å². The maximum atomic E-state index is 12.7. The average molecular weight is 495 g/mol. The molecule has 0 spiro atoms. The molecule has 0 radical (unpaired) electrons. The van der Waals surface area contributed by atoms with Gasteiger partial charge in [0, 0.05) is 48.2 Å². The summed E-state index contributed by atoms with van der Waals surface area (Å²) in [6.07, 6.45) is 2.33. The molecule has 1 amide bonds. The number of nitro groups is 1. The molecular formula is C25H26N4O5S. The van der Waals surface area contributed by atoms with Crippen molar-refractivity contribution in [1.29, 1.82) is 0 Å². The van der Waals surface area contributed by atoms with Crippen LogP contribution in [0.25, 0.3) is 0 Å². The number of nitrogens with one attached hydrogen (secondary N) is 2. The van der Waals surface area contributed by atoms with Gasteiger partial charge in [0.25, 0.3) is 21.6 Å². The number of para-hydroxylation sites is 1. The van der Waals surface area contributed by atoms with Crippen LogP contribution >= 0.6 is 0 Å². The van der Waals surface area contributed by atoms with Gasteiger partial charge in [-0.15, -0.1) is 0 Å². The Morgan fingerprint density at radius 2 is 1.71 bits per heavy atom. The molecule has 1 heterocycles. The fraction of sp³-hybridized carbons (Fsp3) is 0.240. The van der Waals surface area contributed by atoms with E-state index in [0.29, 0.717) is 17.7 Å². The molecule has 0 bridgehead atoms. The van der Waals surface area contributed by atoms with Gasteiger partial charge >= 0.3 is 0 Å². The third kappa shape index (κ3) is 5.60. The second-order valence-electron chi connectivity index (χ2n) is 8.39. The van der Waals surface area contributed by atoms with Crippen LogP contribution in [0.2, 0.25) is 0 Å². The summed E-state index contributed by atoms with van der Waals surface area (Å²) >= 11 is 0. The Labute approximate surface area is 204 Å². The summed E-state index contributed by atoms with van der Waals surface area (Å²) in [7, 11) is -4.04. The smallest absolute Gasteiger partial charge is 0.273 e. The Bertz CT molecular complexity index is 1350. The van der Waals surface area contributed by atoms with E-state index in [-0.39, 0.29) is 22.2 Å². The van der Waals surface area contributed by atoms with Crippen molar-refractivity contribution in [2.24, 2.45) is 0 Å². The molecule has 35 heavy (non-hydrogen) atoms. The lowest BCUT2D eigenvalue weighted by molar-refractivity contribution is -0.385. The van der Waals surface area contributed by atoms with E-state index < -0.39 is 14.9 Å². The van der Waals surface area contributed by atoms with E-state index in [4.69, 9.17) is 0 Å². The highest BCUT2D eigenvalue weighted by Gasteiger charge is 2.20. The first kappa shape index (κ1) is 24.2. The SMILES string of the molecule is Cc1ccc(S(=O)(=O)Nc2ccc(C(=O)NCc3ccccc3N3CCCC3)cc2)cc1[N+](=O)[O-]. The van der Waals surface area contributed by atoms with Crippen LogP contribution in [0, 0.1) is 17.0 Å². The zero-order valence-corrected chi connectivity index (χ0v) is 20.0. The molecular weight excluding hydrogens is 468 g/mol.